The molecule has 0 fully saturated rings. The lowest BCUT2D eigenvalue weighted by Crippen LogP contribution is -2.07. The molecule has 0 aliphatic rings. The van der Waals surface area contributed by atoms with Gasteiger partial charge in [-0.05, 0) is 55.5 Å². The Labute approximate surface area is 161 Å². The highest BCUT2D eigenvalue weighted by atomic mass is 19.1. The number of rotatable bonds is 5. The fourth-order valence-corrected chi connectivity index (χ4v) is 3.57. The second-order valence-corrected chi connectivity index (χ2v) is 7.13. The first kappa shape index (κ1) is 18.3. The zero-order valence-corrected chi connectivity index (χ0v) is 16.0. The van der Waals surface area contributed by atoms with Crippen molar-refractivity contribution in [3.8, 4) is 5.75 Å². The van der Waals surface area contributed by atoms with Crippen LogP contribution in [0.1, 0.15) is 36.1 Å². The van der Waals surface area contributed by atoms with E-state index in [9.17, 15) is 9.18 Å². The molecule has 0 N–H and O–H groups in total. The minimum Gasteiger partial charge on any atom is -0.486 e. The SMILES string of the molecule is Cc1cc(=O)c2c(C)c3ccoc3c(OCCC(C)c3ccc(F)cc3)c2o1. The summed E-state index contributed by atoms with van der Waals surface area (Å²) in [5.41, 5.74) is 2.76. The minimum absolute atomic E-state index is 0.0936. The van der Waals surface area contributed by atoms with Gasteiger partial charge < -0.3 is 13.6 Å². The highest BCUT2D eigenvalue weighted by Gasteiger charge is 2.20. The summed E-state index contributed by atoms with van der Waals surface area (Å²) in [7, 11) is 0. The summed E-state index contributed by atoms with van der Waals surface area (Å²) in [5.74, 6) is 0.919. The van der Waals surface area contributed by atoms with Crippen LogP contribution in [0, 0.1) is 19.7 Å². The van der Waals surface area contributed by atoms with Crippen LogP contribution >= 0.6 is 0 Å². The average molecular weight is 380 g/mol. The Morgan fingerprint density at radius 3 is 2.61 bits per heavy atom. The molecular formula is C23H21FO4. The van der Waals surface area contributed by atoms with Crippen molar-refractivity contribution in [2.75, 3.05) is 6.61 Å². The molecule has 0 spiro atoms. The minimum atomic E-state index is -0.246. The van der Waals surface area contributed by atoms with E-state index in [4.69, 9.17) is 13.6 Å². The monoisotopic (exact) mass is 380 g/mol. The van der Waals surface area contributed by atoms with Crippen LogP contribution in [0.5, 0.6) is 5.75 Å². The van der Waals surface area contributed by atoms with Crippen molar-refractivity contribution in [1.29, 1.82) is 0 Å². The number of hydrogen-bond donors (Lipinski definition) is 0. The van der Waals surface area contributed by atoms with Crippen LogP contribution in [-0.2, 0) is 0 Å². The highest BCUT2D eigenvalue weighted by molar-refractivity contribution is 6.03. The highest BCUT2D eigenvalue weighted by Crippen LogP contribution is 2.38. The summed E-state index contributed by atoms with van der Waals surface area (Å²) in [5, 5.41) is 1.35. The van der Waals surface area contributed by atoms with Crippen LogP contribution in [-0.4, -0.2) is 6.61 Å². The van der Waals surface area contributed by atoms with E-state index in [0.29, 0.717) is 34.7 Å². The maximum Gasteiger partial charge on any atom is 0.206 e. The molecule has 0 radical (unpaired) electrons. The van der Waals surface area contributed by atoms with Crippen LogP contribution in [0.4, 0.5) is 4.39 Å². The molecule has 144 valence electrons. The molecule has 0 bridgehead atoms. The Balaban J connectivity index is 1.67. The number of ether oxygens (including phenoxy) is 1. The molecule has 1 atom stereocenters. The summed E-state index contributed by atoms with van der Waals surface area (Å²) in [6, 6.07) is 9.82. The lowest BCUT2D eigenvalue weighted by molar-refractivity contribution is 0.298. The number of furan rings is 1. The number of halogens is 1. The average Bonchev–Trinajstić information content (AvgIpc) is 3.14. The van der Waals surface area contributed by atoms with Gasteiger partial charge in [0.05, 0.1) is 18.3 Å². The smallest absolute Gasteiger partial charge is 0.206 e. The van der Waals surface area contributed by atoms with Gasteiger partial charge in [0.25, 0.3) is 0 Å². The maximum absolute atomic E-state index is 13.1. The second kappa shape index (κ2) is 7.15. The Hall–Kier alpha value is -3.08. The number of hydrogen-bond acceptors (Lipinski definition) is 4. The Kier molecular flexibility index (Phi) is 4.67. The molecule has 1 unspecified atom stereocenters. The van der Waals surface area contributed by atoms with Crippen molar-refractivity contribution in [1.82, 2.24) is 0 Å². The van der Waals surface area contributed by atoms with Gasteiger partial charge in [-0.15, -0.1) is 0 Å². The van der Waals surface area contributed by atoms with Crippen molar-refractivity contribution in [3.63, 3.8) is 0 Å². The molecule has 4 aromatic rings. The third kappa shape index (κ3) is 3.17. The summed E-state index contributed by atoms with van der Waals surface area (Å²) < 4.78 is 30.7. The summed E-state index contributed by atoms with van der Waals surface area (Å²) in [6.07, 6.45) is 2.31. The van der Waals surface area contributed by atoms with E-state index in [1.807, 2.05) is 13.0 Å². The third-order valence-electron chi connectivity index (χ3n) is 5.16. The largest absolute Gasteiger partial charge is 0.486 e. The quantitative estimate of drug-likeness (QED) is 0.435. The maximum atomic E-state index is 13.1. The number of aryl methyl sites for hydroxylation is 2. The molecule has 2 aromatic heterocycles. The molecule has 0 amide bonds. The summed E-state index contributed by atoms with van der Waals surface area (Å²) >= 11 is 0. The molecule has 2 aromatic carbocycles. The van der Waals surface area contributed by atoms with Crippen molar-refractivity contribution < 1.29 is 18.0 Å². The van der Waals surface area contributed by atoms with Gasteiger partial charge in [0, 0.05) is 11.5 Å². The fourth-order valence-electron chi connectivity index (χ4n) is 3.57. The van der Waals surface area contributed by atoms with E-state index in [2.05, 4.69) is 6.92 Å². The first-order valence-electron chi connectivity index (χ1n) is 9.28. The fraction of sp³-hybridized carbons (Fsp3) is 0.261. The van der Waals surface area contributed by atoms with Crippen molar-refractivity contribution in [3.05, 3.63) is 75.6 Å². The molecule has 2 heterocycles. The summed E-state index contributed by atoms with van der Waals surface area (Å²) in [4.78, 5) is 12.6. The third-order valence-corrected chi connectivity index (χ3v) is 5.16. The zero-order chi connectivity index (χ0) is 19.8. The second-order valence-electron chi connectivity index (χ2n) is 7.13. The normalized spacial score (nSPS) is 12.6. The van der Waals surface area contributed by atoms with Crippen molar-refractivity contribution in [2.24, 2.45) is 0 Å². The first-order chi connectivity index (χ1) is 13.5. The molecule has 4 nitrogen and oxygen atoms in total. The van der Waals surface area contributed by atoms with Gasteiger partial charge in [-0.3, -0.25) is 4.79 Å². The standard InChI is InChI=1S/C23H21FO4/c1-13(16-4-6-17(24)7-5-16)8-10-27-23-21-18(9-11-26-21)15(3)20-19(25)12-14(2)28-22(20)23/h4-7,9,11-13H,8,10H2,1-3H3. The topological polar surface area (TPSA) is 52.6 Å². The van der Waals surface area contributed by atoms with Crippen molar-refractivity contribution >= 4 is 21.9 Å². The van der Waals surface area contributed by atoms with Crippen LogP contribution in [0.15, 0.2) is 56.3 Å². The first-order valence-corrected chi connectivity index (χ1v) is 9.28. The lowest BCUT2D eigenvalue weighted by atomic mass is 9.98. The molecule has 4 rings (SSSR count). The Bertz CT molecular complexity index is 1200. The van der Waals surface area contributed by atoms with E-state index in [1.165, 1.54) is 18.2 Å². The van der Waals surface area contributed by atoms with Crippen LogP contribution < -0.4 is 10.2 Å². The number of benzene rings is 2. The van der Waals surface area contributed by atoms with Gasteiger partial charge in [0.15, 0.2) is 16.6 Å². The lowest BCUT2D eigenvalue weighted by Gasteiger charge is -2.15. The molecular weight excluding hydrogens is 359 g/mol. The number of fused-ring (bicyclic) bond motifs is 2. The van der Waals surface area contributed by atoms with Crippen molar-refractivity contribution in [2.45, 2.75) is 33.1 Å². The van der Waals surface area contributed by atoms with Crippen LogP contribution in [0.2, 0.25) is 0 Å². The predicted molar refractivity (Wildman–Crippen MR) is 107 cm³/mol. The molecule has 5 heteroatoms. The molecule has 0 saturated heterocycles. The van der Waals surface area contributed by atoms with E-state index in [-0.39, 0.29) is 17.2 Å². The van der Waals surface area contributed by atoms with E-state index in [0.717, 1.165) is 22.9 Å². The molecule has 0 aliphatic carbocycles. The van der Waals surface area contributed by atoms with Gasteiger partial charge in [0.2, 0.25) is 5.75 Å². The van der Waals surface area contributed by atoms with E-state index >= 15 is 0 Å². The van der Waals surface area contributed by atoms with Gasteiger partial charge in [-0.1, -0.05) is 19.1 Å². The van der Waals surface area contributed by atoms with Crippen LogP contribution in [0.25, 0.3) is 21.9 Å². The van der Waals surface area contributed by atoms with Gasteiger partial charge >= 0.3 is 0 Å². The Morgan fingerprint density at radius 2 is 1.86 bits per heavy atom. The molecule has 28 heavy (non-hydrogen) atoms. The van der Waals surface area contributed by atoms with E-state index < -0.39 is 0 Å². The van der Waals surface area contributed by atoms with Gasteiger partial charge in [0.1, 0.15) is 11.6 Å². The van der Waals surface area contributed by atoms with Gasteiger partial charge in [-0.25, -0.2) is 4.39 Å². The predicted octanol–water partition coefficient (Wildman–Crippen LogP) is 5.87. The van der Waals surface area contributed by atoms with Crippen LogP contribution in [0.3, 0.4) is 0 Å². The Morgan fingerprint density at radius 1 is 1.11 bits per heavy atom. The summed E-state index contributed by atoms with van der Waals surface area (Å²) in [6.45, 7) is 6.09. The van der Waals surface area contributed by atoms with E-state index in [1.54, 1.807) is 25.3 Å². The molecule has 0 aliphatic heterocycles. The van der Waals surface area contributed by atoms with Gasteiger partial charge in [-0.2, -0.15) is 0 Å². The molecule has 0 saturated carbocycles. The zero-order valence-electron chi connectivity index (χ0n) is 16.0.